The van der Waals surface area contributed by atoms with Crippen molar-refractivity contribution in [1.82, 2.24) is 29.6 Å². The van der Waals surface area contributed by atoms with Crippen molar-refractivity contribution in [2.45, 2.75) is 243 Å². The third kappa shape index (κ3) is 36.0. The average molecular weight is 1580 g/mol. The number of rotatable bonds is 18. The van der Waals surface area contributed by atoms with E-state index in [0.29, 0.717) is 69.8 Å². The van der Waals surface area contributed by atoms with E-state index in [1.165, 1.54) is 24.0 Å². The molecule has 0 aromatic carbocycles. The van der Waals surface area contributed by atoms with Crippen LogP contribution < -0.4 is 0 Å². The van der Waals surface area contributed by atoms with Crippen LogP contribution in [-0.4, -0.2) is 244 Å². The van der Waals surface area contributed by atoms with Crippen LogP contribution in [0.25, 0.3) is 0 Å². The molecule has 624 valence electrons. The highest BCUT2D eigenvalue weighted by atomic mass is 32.2. The smallest absolute Gasteiger partial charge is 0.465 e. The van der Waals surface area contributed by atoms with Crippen molar-refractivity contribution in [1.29, 1.82) is 0 Å². The highest BCUT2D eigenvalue weighted by Crippen LogP contribution is 2.34. The summed E-state index contributed by atoms with van der Waals surface area (Å²) in [6.45, 7) is 44.3. The predicted molar refractivity (Wildman–Crippen MR) is 396 cm³/mol. The third-order valence-electron chi connectivity index (χ3n) is 15.8. The number of ketones is 1. The lowest BCUT2D eigenvalue weighted by Gasteiger charge is -2.39. The number of hydrogen-bond acceptors (Lipinski definition) is 24. The predicted octanol–water partition coefficient (Wildman–Crippen LogP) is 12.7. The SMILES string of the molecule is C=CCC1=C(C(=O)OCC)CN(C(=O)OC(C)(C)C)CC1.CCCC1=C(C(=O)OCC)CN(C(=O)OC(C)(C)C)CC1.CCCC1CCN(C(=O)OC(C)(C)C)CC1C(=O)N(C)OC.CCOC(=O)C1=C(OS(=O)(=O)C(F)(F)F)CCN(C(=O)OC(C)(C)C)C1.CCOC(=O)C1CN(C(=O)OC(C)(C)C)CCC1=O. The van der Waals surface area contributed by atoms with Crippen molar-refractivity contribution in [2.75, 3.05) is 106 Å². The number of carbonyl (C=O) groups excluding carboxylic acids is 11. The zero-order chi connectivity index (χ0) is 84.0. The van der Waals surface area contributed by atoms with E-state index >= 15 is 0 Å². The number of allylic oxidation sites excluding steroid dienone is 1. The van der Waals surface area contributed by atoms with Gasteiger partial charge in [0.1, 0.15) is 39.7 Å². The molecule has 2 saturated heterocycles. The molecule has 5 heterocycles. The highest BCUT2D eigenvalue weighted by Gasteiger charge is 2.50. The highest BCUT2D eigenvalue weighted by molar-refractivity contribution is 7.87. The van der Waals surface area contributed by atoms with Crippen LogP contribution in [0.1, 0.15) is 210 Å². The van der Waals surface area contributed by atoms with E-state index in [0.717, 1.165) is 48.2 Å². The first-order chi connectivity index (χ1) is 50.2. The lowest BCUT2D eigenvalue weighted by atomic mass is 9.82. The lowest BCUT2D eigenvalue weighted by Crippen LogP contribution is -2.50. The van der Waals surface area contributed by atoms with E-state index in [1.54, 1.807) is 90.1 Å². The molecule has 0 aromatic heterocycles. The molecule has 6 amide bonds. The third-order valence-corrected chi connectivity index (χ3v) is 16.8. The number of carbonyl (C=O) groups is 11. The second-order valence-corrected chi connectivity index (χ2v) is 32.3. The molecule has 0 aromatic rings. The summed E-state index contributed by atoms with van der Waals surface area (Å²) in [5, 5.41) is 1.26. The second-order valence-electron chi connectivity index (χ2n) is 30.7. The Bertz CT molecular complexity index is 3320. The summed E-state index contributed by atoms with van der Waals surface area (Å²) in [6.07, 6.45) is 5.71. The first-order valence-electron chi connectivity index (χ1n) is 36.8. The van der Waals surface area contributed by atoms with Crippen LogP contribution in [-0.2, 0) is 90.5 Å². The topological polar surface area (TPSA) is 343 Å². The normalized spacial score (nSPS) is 18.0. The summed E-state index contributed by atoms with van der Waals surface area (Å²) >= 11 is 0. The fourth-order valence-electron chi connectivity index (χ4n) is 10.9. The summed E-state index contributed by atoms with van der Waals surface area (Å²) in [4.78, 5) is 145. The molecule has 0 saturated carbocycles. The monoisotopic (exact) mass is 1580 g/mol. The lowest BCUT2D eigenvalue weighted by molar-refractivity contribution is -0.177. The molecule has 3 unspecified atom stereocenters. The maximum Gasteiger partial charge on any atom is 0.534 e. The van der Waals surface area contributed by atoms with E-state index in [2.05, 4.69) is 24.6 Å². The van der Waals surface area contributed by atoms with Crippen molar-refractivity contribution in [3.8, 4) is 0 Å². The van der Waals surface area contributed by atoms with E-state index in [1.807, 2.05) is 62.3 Å². The molecule has 30 nitrogen and oxygen atoms in total. The van der Waals surface area contributed by atoms with Crippen LogP contribution in [0.15, 0.2) is 46.3 Å². The second kappa shape index (κ2) is 44.6. The Morgan fingerprint density at radius 2 is 0.872 bits per heavy atom. The van der Waals surface area contributed by atoms with E-state index < -0.39 is 104 Å². The van der Waals surface area contributed by atoms with Crippen LogP contribution in [0.3, 0.4) is 0 Å². The van der Waals surface area contributed by atoms with E-state index in [4.69, 9.17) is 47.5 Å². The molecule has 0 N–H and O–H groups in total. The Balaban J connectivity index is 0.000000684. The van der Waals surface area contributed by atoms with Gasteiger partial charge in [0.15, 0.2) is 5.78 Å². The van der Waals surface area contributed by atoms with E-state index in [-0.39, 0.29) is 100 Å². The molecule has 3 atom stereocenters. The van der Waals surface area contributed by atoms with Crippen molar-refractivity contribution in [2.24, 2.45) is 17.8 Å². The Kier molecular flexibility index (Phi) is 40.5. The molecule has 2 fully saturated rings. The largest absolute Gasteiger partial charge is 0.534 e. The van der Waals surface area contributed by atoms with Gasteiger partial charge in [-0.2, -0.15) is 21.6 Å². The van der Waals surface area contributed by atoms with Gasteiger partial charge in [-0.15, -0.1) is 6.58 Å². The fraction of sp³-hybridized carbons (Fsp3) is 0.747. The number of alkyl halides is 3. The maximum absolute atomic E-state index is 12.5. The van der Waals surface area contributed by atoms with Gasteiger partial charge in [-0.3, -0.25) is 19.2 Å². The van der Waals surface area contributed by atoms with Crippen molar-refractivity contribution >= 4 is 76.2 Å². The molecule has 5 rings (SSSR count). The fourth-order valence-corrected chi connectivity index (χ4v) is 11.4. The number of ether oxygens (including phenoxy) is 9. The molecule has 0 bridgehead atoms. The minimum atomic E-state index is -5.95. The molecule has 34 heteroatoms. The Hall–Kier alpha value is -8.17. The minimum Gasteiger partial charge on any atom is -0.465 e. The van der Waals surface area contributed by atoms with Gasteiger partial charge in [-0.25, -0.2) is 43.4 Å². The zero-order valence-electron chi connectivity index (χ0n) is 68.5. The number of amides is 6. The standard InChI is InChI=1S/C16H30N2O4.C16H27NO4.C16H25NO4.C14H20F3NO7S.C13H21NO5/c1-7-8-12-9-10-18(15(20)22-16(2,3)4)11-13(12)14(19)17(5)21-6;2*1-6-8-12-9-10-17(15(19)21-16(3,4)5)11-13(12)14(18)20-7-2;1-5-23-11(19)9-8-18(12(20)24-13(2,3)4)7-6-10(9)25-26(21,22)14(15,16)17;1-5-18-11(16)9-8-14(7-6-10(9)15)12(17)19-13(2,3)4/h12-13H,7-11H2,1-6H3;6-11H2,1-5H3;6H,1,7-11H2,2-5H3;5-8H2,1-4H3;9H,5-8H2,1-4H3. The molecule has 5 aliphatic heterocycles. The first kappa shape index (κ1) is 98.8. The number of Topliss-reactive ketones (excluding diaryl/α,β-unsaturated/α-hetero) is 1. The van der Waals surface area contributed by atoms with Gasteiger partial charge in [-0.1, -0.05) is 43.9 Å². The van der Waals surface area contributed by atoms with Crippen molar-refractivity contribution in [3.63, 3.8) is 0 Å². The molecule has 0 radical (unpaired) electrons. The van der Waals surface area contributed by atoms with Crippen LogP contribution in [0.4, 0.5) is 37.1 Å². The Morgan fingerprint density at radius 1 is 0.505 bits per heavy atom. The summed E-state index contributed by atoms with van der Waals surface area (Å²) < 4.78 is 110. The number of esters is 4. The van der Waals surface area contributed by atoms with Gasteiger partial charge < -0.3 is 71.3 Å². The summed E-state index contributed by atoms with van der Waals surface area (Å²) in [5.41, 5.74) is -5.91. The van der Waals surface area contributed by atoms with Gasteiger partial charge in [0, 0.05) is 65.7 Å². The van der Waals surface area contributed by atoms with Crippen LogP contribution in [0.2, 0.25) is 0 Å². The molecular weight excluding hydrogens is 1460 g/mol. The van der Waals surface area contributed by atoms with Crippen molar-refractivity contribution in [3.05, 3.63) is 46.3 Å². The molecule has 109 heavy (non-hydrogen) atoms. The quantitative estimate of drug-likeness (QED) is 0.0234. The minimum absolute atomic E-state index is 0.0343. The average Bonchev–Trinajstić information content (AvgIpc) is 0.787. The zero-order valence-corrected chi connectivity index (χ0v) is 69.3. The van der Waals surface area contributed by atoms with Gasteiger partial charge in [0.05, 0.1) is 75.8 Å². The number of hydrogen-bond donors (Lipinski definition) is 0. The molecular formula is C75H123F3N6O24S. The van der Waals surface area contributed by atoms with Gasteiger partial charge in [0.25, 0.3) is 5.91 Å². The Labute approximate surface area is 642 Å². The Morgan fingerprint density at radius 3 is 1.25 bits per heavy atom. The van der Waals surface area contributed by atoms with Crippen LogP contribution >= 0.6 is 0 Å². The number of nitrogens with zero attached hydrogens (tertiary/aromatic N) is 6. The van der Waals surface area contributed by atoms with Crippen LogP contribution in [0, 0.1) is 17.8 Å². The van der Waals surface area contributed by atoms with Crippen molar-refractivity contribution < 1.29 is 126 Å². The number of piperidine rings is 2. The maximum atomic E-state index is 12.5. The van der Waals surface area contributed by atoms with Gasteiger partial charge in [-0.05, 0) is 176 Å². The van der Waals surface area contributed by atoms with E-state index in [9.17, 15) is 74.3 Å². The molecule has 5 aliphatic rings. The number of halogens is 3. The summed E-state index contributed by atoms with van der Waals surface area (Å²) in [5.74, 6) is -4.11. The molecule has 0 spiro atoms. The van der Waals surface area contributed by atoms with Gasteiger partial charge in [0.2, 0.25) is 0 Å². The number of hydroxylamine groups is 2. The van der Waals surface area contributed by atoms with Gasteiger partial charge >= 0.3 is 70.0 Å². The summed E-state index contributed by atoms with van der Waals surface area (Å²) in [7, 11) is -2.86. The molecule has 0 aliphatic carbocycles. The summed E-state index contributed by atoms with van der Waals surface area (Å²) in [6, 6.07) is 0. The number of likely N-dealkylation sites (tertiary alicyclic amines) is 2. The first-order valence-corrected chi connectivity index (χ1v) is 38.3. The van der Waals surface area contributed by atoms with Crippen LogP contribution in [0.5, 0.6) is 0 Å².